The second kappa shape index (κ2) is 11.0. The molecule has 1 aromatic heterocycles. The summed E-state index contributed by atoms with van der Waals surface area (Å²) in [6.45, 7) is 2.98. The normalized spacial score (nSPS) is 12.0. The van der Waals surface area contributed by atoms with Gasteiger partial charge in [0.25, 0.3) is 21.5 Å². The molecule has 1 amide bonds. The number of sulfonamides is 1. The van der Waals surface area contributed by atoms with E-state index in [1.54, 1.807) is 42.9 Å². The standard InChI is InChI=1S/C27H25FN4O6S/c1-17-24(26(34)32(31(17)3)20-11-5-4-6-12-20)29-25(33)18(2)38-27(35)19-10-9-13-21(16-19)39(36,37)30-23-15-8-7-14-22(23)28/h4-16,18,30H,1-3H3,(H,29,33). The van der Waals surface area contributed by atoms with Crippen LogP contribution in [0.5, 0.6) is 0 Å². The fourth-order valence-corrected chi connectivity index (χ4v) is 4.87. The number of halogens is 1. The number of carbonyl (C=O) groups excluding carboxylic acids is 2. The van der Waals surface area contributed by atoms with E-state index in [9.17, 15) is 27.2 Å². The number of para-hydroxylation sites is 2. The Morgan fingerprint density at radius 3 is 2.33 bits per heavy atom. The highest BCUT2D eigenvalue weighted by Crippen LogP contribution is 2.20. The Hall–Kier alpha value is -4.71. The second-order valence-corrected chi connectivity index (χ2v) is 10.3. The van der Waals surface area contributed by atoms with Crippen molar-refractivity contribution in [2.45, 2.75) is 24.8 Å². The Labute approximate surface area is 223 Å². The van der Waals surface area contributed by atoms with Gasteiger partial charge in [0, 0.05) is 7.05 Å². The molecule has 2 N–H and O–H groups in total. The molecule has 10 nitrogen and oxygen atoms in total. The Bertz CT molecular complexity index is 1710. The minimum atomic E-state index is -4.23. The number of carbonyl (C=O) groups is 2. The summed E-state index contributed by atoms with van der Waals surface area (Å²) in [5.74, 6) is -2.48. The molecule has 0 aliphatic heterocycles. The maximum absolute atomic E-state index is 13.9. The third kappa shape index (κ3) is 5.75. The van der Waals surface area contributed by atoms with Crippen molar-refractivity contribution in [2.75, 3.05) is 10.0 Å². The molecule has 0 saturated carbocycles. The molecular formula is C27H25FN4O6S. The van der Waals surface area contributed by atoms with Crippen molar-refractivity contribution in [2.24, 2.45) is 7.05 Å². The van der Waals surface area contributed by atoms with Gasteiger partial charge in [0.05, 0.1) is 27.5 Å². The maximum atomic E-state index is 13.9. The molecule has 0 radical (unpaired) electrons. The summed E-state index contributed by atoms with van der Waals surface area (Å²) in [6, 6.07) is 19.0. The van der Waals surface area contributed by atoms with E-state index in [0.29, 0.717) is 11.4 Å². The van der Waals surface area contributed by atoms with E-state index in [2.05, 4.69) is 10.0 Å². The highest BCUT2D eigenvalue weighted by atomic mass is 32.2. The summed E-state index contributed by atoms with van der Waals surface area (Å²) in [5, 5.41) is 2.52. The van der Waals surface area contributed by atoms with Crippen LogP contribution in [0.15, 0.2) is 88.6 Å². The third-order valence-electron chi connectivity index (χ3n) is 5.95. The molecule has 3 aromatic carbocycles. The number of nitrogens with zero attached hydrogens (tertiary/aromatic N) is 2. The number of nitrogens with one attached hydrogen (secondary N) is 2. The lowest BCUT2D eigenvalue weighted by atomic mass is 10.2. The first-order valence-electron chi connectivity index (χ1n) is 11.7. The van der Waals surface area contributed by atoms with Gasteiger partial charge in [0.1, 0.15) is 11.5 Å². The summed E-state index contributed by atoms with van der Waals surface area (Å²) in [7, 11) is -2.56. The van der Waals surface area contributed by atoms with E-state index >= 15 is 0 Å². The van der Waals surface area contributed by atoms with Crippen molar-refractivity contribution in [3.05, 3.63) is 106 Å². The van der Waals surface area contributed by atoms with Crippen LogP contribution >= 0.6 is 0 Å². The summed E-state index contributed by atoms with van der Waals surface area (Å²) < 4.78 is 49.7. The number of benzene rings is 3. The molecule has 0 spiro atoms. The van der Waals surface area contributed by atoms with Crippen LogP contribution in [0.3, 0.4) is 0 Å². The Morgan fingerprint density at radius 1 is 0.974 bits per heavy atom. The molecule has 0 aliphatic rings. The predicted molar refractivity (Wildman–Crippen MR) is 143 cm³/mol. The van der Waals surface area contributed by atoms with Gasteiger partial charge in [0.2, 0.25) is 0 Å². The first kappa shape index (κ1) is 27.3. The quantitative estimate of drug-likeness (QED) is 0.322. The fraction of sp³-hybridized carbons (Fsp3) is 0.148. The SMILES string of the molecule is Cc1c(NC(=O)C(C)OC(=O)c2cccc(S(=O)(=O)Nc3ccccc3F)c2)c(=O)n(-c2ccccc2)n1C. The number of anilines is 2. The van der Waals surface area contributed by atoms with E-state index in [-0.39, 0.29) is 21.8 Å². The van der Waals surface area contributed by atoms with Gasteiger partial charge < -0.3 is 10.1 Å². The van der Waals surface area contributed by atoms with Crippen LogP contribution in [0.25, 0.3) is 5.69 Å². The zero-order valence-corrected chi connectivity index (χ0v) is 22.0. The highest BCUT2D eigenvalue weighted by Gasteiger charge is 2.25. The van der Waals surface area contributed by atoms with Gasteiger partial charge >= 0.3 is 5.97 Å². The summed E-state index contributed by atoms with van der Waals surface area (Å²) in [4.78, 5) is 38.3. The molecule has 0 fully saturated rings. The molecule has 1 unspecified atom stereocenters. The lowest BCUT2D eigenvalue weighted by molar-refractivity contribution is -0.123. The molecule has 202 valence electrons. The Balaban J connectivity index is 1.48. The molecular weight excluding hydrogens is 527 g/mol. The van der Waals surface area contributed by atoms with Gasteiger partial charge in [0.15, 0.2) is 6.10 Å². The van der Waals surface area contributed by atoms with Gasteiger partial charge in [-0.15, -0.1) is 0 Å². The van der Waals surface area contributed by atoms with Crippen LogP contribution in [-0.4, -0.2) is 35.8 Å². The first-order chi connectivity index (χ1) is 18.5. The number of hydrogen-bond acceptors (Lipinski definition) is 6. The van der Waals surface area contributed by atoms with E-state index in [4.69, 9.17) is 4.74 Å². The lowest BCUT2D eigenvalue weighted by Crippen LogP contribution is -2.32. The molecule has 0 saturated heterocycles. The van der Waals surface area contributed by atoms with Crippen molar-refractivity contribution >= 4 is 33.3 Å². The molecule has 0 aliphatic carbocycles. The van der Waals surface area contributed by atoms with Crippen LogP contribution in [0.1, 0.15) is 23.0 Å². The Morgan fingerprint density at radius 2 is 1.64 bits per heavy atom. The van der Waals surface area contributed by atoms with Crippen LogP contribution in [0, 0.1) is 12.7 Å². The van der Waals surface area contributed by atoms with Crippen molar-refractivity contribution in [3.63, 3.8) is 0 Å². The van der Waals surface area contributed by atoms with Crippen LogP contribution in [0.2, 0.25) is 0 Å². The van der Waals surface area contributed by atoms with Gasteiger partial charge in [-0.1, -0.05) is 36.4 Å². The second-order valence-electron chi connectivity index (χ2n) is 8.59. The van der Waals surface area contributed by atoms with Gasteiger partial charge in [-0.2, -0.15) is 0 Å². The van der Waals surface area contributed by atoms with Gasteiger partial charge in [-0.05, 0) is 56.3 Å². The number of aromatic nitrogens is 2. The van der Waals surface area contributed by atoms with E-state index in [1.165, 1.54) is 48.0 Å². The van der Waals surface area contributed by atoms with Gasteiger partial charge in [-0.25, -0.2) is 22.3 Å². The van der Waals surface area contributed by atoms with E-state index in [1.807, 2.05) is 6.07 Å². The van der Waals surface area contributed by atoms with Crippen molar-refractivity contribution in [3.8, 4) is 5.69 Å². The largest absolute Gasteiger partial charge is 0.449 e. The van der Waals surface area contributed by atoms with Gasteiger partial charge in [-0.3, -0.25) is 19.0 Å². The average Bonchev–Trinajstić information content (AvgIpc) is 3.13. The van der Waals surface area contributed by atoms with Crippen molar-refractivity contribution < 1.29 is 27.1 Å². The zero-order valence-electron chi connectivity index (χ0n) is 21.2. The molecule has 4 aromatic rings. The minimum Gasteiger partial charge on any atom is -0.449 e. The number of ether oxygens (including phenoxy) is 1. The summed E-state index contributed by atoms with van der Waals surface area (Å²) >= 11 is 0. The van der Waals surface area contributed by atoms with Crippen LogP contribution in [0.4, 0.5) is 15.8 Å². The number of hydrogen-bond donors (Lipinski definition) is 2. The molecule has 0 bridgehead atoms. The maximum Gasteiger partial charge on any atom is 0.338 e. The molecule has 1 heterocycles. The summed E-state index contributed by atoms with van der Waals surface area (Å²) in [6.07, 6.45) is -1.32. The zero-order chi connectivity index (χ0) is 28.3. The molecule has 1 atom stereocenters. The van der Waals surface area contributed by atoms with E-state index in [0.717, 1.165) is 12.1 Å². The summed E-state index contributed by atoms with van der Waals surface area (Å²) in [5.41, 5.74) is 0.255. The topological polar surface area (TPSA) is 128 Å². The fourth-order valence-electron chi connectivity index (χ4n) is 3.76. The molecule has 4 rings (SSSR count). The first-order valence-corrected chi connectivity index (χ1v) is 13.2. The highest BCUT2D eigenvalue weighted by molar-refractivity contribution is 7.92. The minimum absolute atomic E-state index is 0.0292. The predicted octanol–water partition coefficient (Wildman–Crippen LogP) is 3.61. The lowest BCUT2D eigenvalue weighted by Gasteiger charge is -2.14. The number of rotatable bonds is 8. The van der Waals surface area contributed by atoms with Crippen LogP contribution in [-0.2, 0) is 26.6 Å². The Kier molecular flexibility index (Phi) is 7.68. The van der Waals surface area contributed by atoms with E-state index < -0.39 is 39.4 Å². The number of esters is 1. The molecule has 39 heavy (non-hydrogen) atoms. The molecule has 12 heteroatoms. The van der Waals surface area contributed by atoms with Crippen LogP contribution < -0.4 is 15.6 Å². The van der Waals surface area contributed by atoms with Crippen molar-refractivity contribution in [1.82, 2.24) is 9.36 Å². The average molecular weight is 553 g/mol. The monoisotopic (exact) mass is 552 g/mol. The number of amides is 1. The smallest absolute Gasteiger partial charge is 0.338 e. The third-order valence-corrected chi connectivity index (χ3v) is 7.32. The van der Waals surface area contributed by atoms with Crippen molar-refractivity contribution in [1.29, 1.82) is 0 Å².